The zero-order chi connectivity index (χ0) is 8.55. The van der Waals surface area contributed by atoms with Crippen LogP contribution in [-0.4, -0.2) is 29.4 Å². The Morgan fingerprint density at radius 2 is 2.50 bits per heavy atom. The topological polar surface area (TPSA) is 42.4 Å². The first-order valence-electron chi connectivity index (χ1n) is 3.63. The number of hydrogen-bond acceptors (Lipinski definition) is 4. The predicted molar refractivity (Wildman–Crippen MR) is 49.4 cm³/mol. The van der Waals surface area contributed by atoms with Gasteiger partial charge in [-0.25, -0.2) is 4.98 Å². The first kappa shape index (κ1) is 8.62. The number of aliphatic hydroxyl groups is 1. The highest BCUT2D eigenvalue weighted by molar-refractivity contribution is 9.10. The Kier molecular flexibility index (Phi) is 2.45. The van der Waals surface area contributed by atoms with Crippen LogP contribution in [0.5, 0.6) is 0 Å². The summed E-state index contributed by atoms with van der Waals surface area (Å²) >= 11 is 4.89. The first-order valence-corrected chi connectivity index (χ1v) is 5.31. The van der Waals surface area contributed by atoms with E-state index >= 15 is 0 Å². The lowest BCUT2D eigenvalue weighted by Crippen LogP contribution is -2.14. The zero-order valence-electron chi connectivity index (χ0n) is 6.24. The number of rotatable bonds is 1. The maximum absolute atomic E-state index is 9.52. The largest absolute Gasteiger partial charge is 0.390 e. The molecular formula is C7H8BrNO2S. The third kappa shape index (κ3) is 1.42. The van der Waals surface area contributed by atoms with E-state index in [1.807, 2.05) is 0 Å². The molecule has 0 aromatic carbocycles. The van der Waals surface area contributed by atoms with Gasteiger partial charge in [0, 0.05) is 10.8 Å². The Labute approximate surface area is 82.5 Å². The molecule has 2 heterocycles. The van der Waals surface area contributed by atoms with E-state index in [0.29, 0.717) is 13.2 Å². The second kappa shape index (κ2) is 3.41. The summed E-state index contributed by atoms with van der Waals surface area (Å²) in [4.78, 5) is 5.15. The summed E-state index contributed by atoms with van der Waals surface area (Å²) in [6, 6.07) is 0. The summed E-state index contributed by atoms with van der Waals surface area (Å²) in [5.74, 6) is 0.104. The third-order valence-electron chi connectivity index (χ3n) is 1.94. The molecule has 66 valence electrons. The van der Waals surface area contributed by atoms with E-state index in [0.717, 1.165) is 9.48 Å². The van der Waals surface area contributed by atoms with Crippen LogP contribution in [0.3, 0.4) is 0 Å². The number of aromatic nitrogens is 1. The lowest BCUT2D eigenvalue weighted by Gasteiger charge is -2.09. The van der Waals surface area contributed by atoms with Gasteiger partial charge in [0.15, 0.2) is 0 Å². The van der Waals surface area contributed by atoms with Gasteiger partial charge in [-0.1, -0.05) is 0 Å². The van der Waals surface area contributed by atoms with Crippen molar-refractivity contribution >= 4 is 27.3 Å². The SMILES string of the molecule is O[C@@H]1COC[C@H]1c1scnc1Br. The number of thiazole rings is 1. The summed E-state index contributed by atoms with van der Waals surface area (Å²) in [6.45, 7) is 1.04. The van der Waals surface area contributed by atoms with Crippen LogP contribution in [0.15, 0.2) is 10.1 Å². The Hall–Kier alpha value is 0.0300. The van der Waals surface area contributed by atoms with Crippen molar-refractivity contribution in [3.63, 3.8) is 0 Å². The molecule has 1 aromatic heterocycles. The van der Waals surface area contributed by atoms with Crippen LogP contribution in [0.4, 0.5) is 0 Å². The quantitative estimate of drug-likeness (QED) is 0.818. The number of nitrogens with zero attached hydrogens (tertiary/aromatic N) is 1. The van der Waals surface area contributed by atoms with E-state index in [9.17, 15) is 5.11 Å². The van der Waals surface area contributed by atoms with Crippen molar-refractivity contribution in [1.29, 1.82) is 0 Å². The van der Waals surface area contributed by atoms with E-state index in [2.05, 4.69) is 20.9 Å². The molecule has 0 radical (unpaired) electrons. The fourth-order valence-corrected chi connectivity index (χ4v) is 2.91. The molecule has 2 rings (SSSR count). The molecule has 0 spiro atoms. The first-order chi connectivity index (χ1) is 5.79. The molecule has 1 saturated heterocycles. The van der Waals surface area contributed by atoms with Crippen LogP contribution in [-0.2, 0) is 4.74 Å². The molecule has 0 unspecified atom stereocenters. The van der Waals surface area contributed by atoms with Gasteiger partial charge >= 0.3 is 0 Å². The molecule has 1 N–H and O–H groups in total. The van der Waals surface area contributed by atoms with Crippen molar-refractivity contribution in [1.82, 2.24) is 4.98 Å². The standard InChI is InChI=1S/C7H8BrNO2S/c8-7-6(12-3-9-7)4-1-11-2-5(4)10/h3-5,10H,1-2H2/t4-,5-/m1/s1. The number of hydrogen-bond donors (Lipinski definition) is 1. The Morgan fingerprint density at radius 1 is 1.67 bits per heavy atom. The van der Waals surface area contributed by atoms with E-state index in [1.54, 1.807) is 16.8 Å². The average Bonchev–Trinajstić information content (AvgIpc) is 2.59. The summed E-state index contributed by atoms with van der Waals surface area (Å²) in [6.07, 6.45) is -0.373. The van der Waals surface area contributed by atoms with Gasteiger partial charge in [-0.3, -0.25) is 0 Å². The van der Waals surface area contributed by atoms with Crippen molar-refractivity contribution in [3.8, 4) is 0 Å². The van der Waals surface area contributed by atoms with Crippen LogP contribution < -0.4 is 0 Å². The van der Waals surface area contributed by atoms with Gasteiger partial charge in [0.1, 0.15) is 4.60 Å². The fourth-order valence-electron chi connectivity index (χ4n) is 1.28. The van der Waals surface area contributed by atoms with Crippen LogP contribution in [0.1, 0.15) is 10.8 Å². The van der Waals surface area contributed by atoms with Gasteiger partial charge in [-0.05, 0) is 15.9 Å². The van der Waals surface area contributed by atoms with Crippen molar-refractivity contribution in [2.75, 3.05) is 13.2 Å². The highest BCUT2D eigenvalue weighted by Crippen LogP contribution is 2.33. The second-order valence-corrected chi connectivity index (χ2v) is 4.36. The van der Waals surface area contributed by atoms with Gasteiger partial charge in [0.2, 0.25) is 0 Å². The van der Waals surface area contributed by atoms with Gasteiger partial charge in [-0.2, -0.15) is 0 Å². The zero-order valence-corrected chi connectivity index (χ0v) is 8.64. The van der Waals surface area contributed by atoms with Crippen LogP contribution in [0.2, 0.25) is 0 Å². The van der Waals surface area contributed by atoms with E-state index in [-0.39, 0.29) is 12.0 Å². The molecule has 12 heavy (non-hydrogen) atoms. The predicted octanol–water partition coefficient (Wildman–Crippen LogP) is 1.38. The summed E-state index contributed by atoms with van der Waals surface area (Å²) in [5, 5.41) is 9.52. The Morgan fingerprint density at radius 3 is 3.00 bits per heavy atom. The maximum Gasteiger partial charge on any atom is 0.120 e. The highest BCUT2D eigenvalue weighted by atomic mass is 79.9. The Bertz CT molecular complexity index is 278. The molecule has 1 aliphatic rings. The number of aliphatic hydroxyl groups excluding tert-OH is 1. The van der Waals surface area contributed by atoms with Gasteiger partial charge < -0.3 is 9.84 Å². The van der Waals surface area contributed by atoms with Gasteiger partial charge in [0.25, 0.3) is 0 Å². The minimum absolute atomic E-state index is 0.104. The van der Waals surface area contributed by atoms with Gasteiger partial charge in [0.05, 0.1) is 24.8 Å². The molecule has 1 fully saturated rings. The lowest BCUT2D eigenvalue weighted by molar-refractivity contribution is 0.125. The Balaban J connectivity index is 2.24. The van der Waals surface area contributed by atoms with Crippen LogP contribution in [0, 0.1) is 0 Å². The molecule has 3 nitrogen and oxygen atoms in total. The molecule has 1 aromatic rings. The van der Waals surface area contributed by atoms with Crippen molar-refractivity contribution in [2.45, 2.75) is 12.0 Å². The summed E-state index contributed by atoms with van der Waals surface area (Å²) < 4.78 is 5.99. The molecule has 5 heteroatoms. The van der Waals surface area contributed by atoms with Crippen molar-refractivity contribution in [2.24, 2.45) is 0 Å². The lowest BCUT2D eigenvalue weighted by atomic mass is 10.1. The van der Waals surface area contributed by atoms with Gasteiger partial charge in [-0.15, -0.1) is 11.3 Å². The minimum Gasteiger partial charge on any atom is -0.390 e. The van der Waals surface area contributed by atoms with E-state index in [4.69, 9.17) is 4.74 Å². The molecule has 0 saturated carbocycles. The molecule has 0 amide bonds. The smallest absolute Gasteiger partial charge is 0.120 e. The molecular weight excluding hydrogens is 242 g/mol. The molecule has 0 aliphatic carbocycles. The number of ether oxygens (including phenoxy) is 1. The highest BCUT2D eigenvalue weighted by Gasteiger charge is 2.30. The van der Waals surface area contributed by atoms with Crippen LogP contribution >= 0.6 is 27.3 Å². The summed E-state index contributed by atoms with van der Waals surface area (Å²) in [5.41, 5.74) is 1.77. The molecule has 1 aliphatic heterocycles. The third-order valence-corrected chi connectivity index (χ3v) is 3.79. The maximum atomic E-state index is 9.52. The van der Waals surface area contributed by atoms with Crippen molar-refractivity contribution < 1.29 is 9.84 Å². The second-order valence-electron chi connectivity index (χ2n) is 2.72. The average molecular weight is 250 g/mol. The normalized spacial score (nSPS) is 29.5. The van der Waals surface area contributed by atoms with Crippen LogP contribution in [0.25, 0.3) is 0 Å². The number of halogens is 1. The monoisotopic (exact) mass is 249 g/mol. The molecule has 2 atom stereocenters. The van der Waals surface area contributed by atoms with Crippen molar-refractivity contribution in [3.05, 3.63) is 15.0 Å². The van der Waals surface area contributed by atoms with E-state index in [1.165, 1.54) is 0 Å². The van der Waals surface area contributed by atoms with E-state index < -0.39 is 0 Å². The fraction of sp³-hybridized carbons (Fsp3) is 0.571. The molecule has 0 bridgehead atoms. The summed E-state index contributed by atoms with van der Waals surface area (Å²) in [7, 11) is 0. The minimum atomic E-state index is -0.373.